The fourth-order valence-electron chi connectivity index (χ4n) is 2.17. The predicted octanol–water partition coefficient (Wildman–Crippen LogP) is 2.17. The molecule has 0 saturated heterocycles. The molecule has 2 heterocycles. The van der Waals surface area contributed by atoms with Crippen LogP contribution in [0.2, 0.25) is 0 Å². The number of amides is 4. The van der Waals surface area contributed by atoms with E-state index in [4.69, 9.17) is 23.2 Å². The van der Waals surface area contributed by atoms with Crippen molar-refractivity contribution in [1.82, 2.24) is 20.3 Å². The number of hydrogen-bond donors (Lipinski definition) is 1. The number of halogens is 2. The highest BCUT2D eigenvalue weighted by Gasteiger charge is 2.44. The van der Waals surface area contributed by atoms with Crippen LogP contribution in [0.1, 0.15) is 5.56 Å². The molecule has 1 N–H and O–H groups in total. The van der Waals surface area contributed by atoms with Gasteiger partial charge in [0.05, 0.1) is 0 Å². The number of carbonyl (C=O) groups excluding carboxylic acids is 3. The van der Waals surface area contributed by atoms with E-state index >= 15 is 0 Å². The molecule has 132 valence electrons. The van der Waals surface area contributed by atoms with Crippen LogP contribution in [-0.2, 0) is 16.1 Å². The molecule has 0 spiro atoms. The molecule has 0 aliphatic carbocycles. The number of hydrazine groups is 1. The molecular weight excluding hydrogens is 381 g/mol. The van der Waals surface area contributed by atoms with Crippen LogP contribution in [0, 0.1) is 0 Å². The SMILES string of the molecule is O=C1C(Cl)=C(Cl)C(=O)N1N(C(=O)NCc1ccccc1)c1ncccn1. The zero-order chi connectivity index (χ0) is 18.7. The van der Waals surface area contributed by atoms with E-state index < -0.39 is 27.9 Å². The van der Waals surface area contributed by atoms with Gasteiger partial charge in [-0.05, 0) is 11.6 Å². The number of rotatable bonds is 4. The van der Waals surface area contributed by atoms with Gasteiger partial charge in [0.2, 0.25) is 0 Å². The maximum atomic E-state index is 12.7. The van der Waals surface area contributed by atoms with Crippen molar-refractivity contribution in [3.8, 4) is 0 Å². The molecule has 1 aromatic carbocycles. The van der Waals surface area contributed by atoms with Crippen LogP contribution in [0.4, 0.5) is 10.7 Å². The van der Waals surface area contributed by atoms with Gasteiger partial charge in [-0.15, -0.1) is 0 Å². The van der Waals surface area contributed by atoms with Gasteiger partial charge in [-0.3, -0.25) is 9.59 Å². The minimum Gasteiger partial charge on any atom is -0.332 e. The van der Waals surface area contributed by atoms with Crippen molar-refractivity contribution in [1.29, 1.82) is 0 Å². The van der Waals surface area contributed by atoms with Gasteiger partial charge in [-0.1, -0.05) is 53.5 Å². The van der Waals surface area contributed by atoms with Crippen LogP contribution < -0.4 is 10.3 Å². The van der Waals surface area contributed by atoms with Gasteiger partial charge in [0, 0.05) is 18.9 Å². The molecule has 1 aliphatic heterocycles. The van der Waals surface area contributed by atoms with Gasteiger partial charge in [0.25, 0.3) is 17.8 Å². The number of aromatic nitrogens is 2. The van der Waals surface area contributed by atoms with Gasteiger partial charge in [-0.2, -0.15) is 10.0 Å². The van der Waals surface area contributed by atoms with Crippen molar-refractivity contribution in [2.75, 3.05) is 5.01 Å². The fraction of sp³-hybridized carbons (Fsp3) is 0.0625. The van der Waals surface area contributed by atoms with Crippen LogP contribution in [0.3, 0.4) is 0 Å². The van der Waals surface area contributed by atoms with Crippen LogP contribution >= 0.6 is 23.2 Å². The molecule has 0 atom stereocenters. The summed E-state index contributed by atoms with van der Waals surface area (Å²) in [5.41, 5.74) is 0.822. The Morgan fingerprint density at radius 2 is 1.58 bits per heavy atom. The first-order valence-corrected chi connectivity index (χ1v) is 8.09. The number of benzene rings is 1. The molecular formula is C16H11Cl2N5O3. The molecule has 2 aromatic rings. The highest BCUT2D eigenvalue weighted by molar-refractivity contribution is 6.58. The zero-order valence-electron chi connectivity index (χ0n) is 13.1. The molecule has 1 aromatic heterocycles. The number of hydrogen-bond acceptors (Lipinski definition) is 5. The summed E-state index contributed by atoms with van der Waals surface area (Å²) >= 11 is 11.5. The standard InChI is InChI=1S/C16H11Cl2N5O3/c17-11-12(18)14(25)22(13(11)24)23(15-19-7-4-8-20-15)16(26)21-9-10-5-2-1-3-6-10/h1-8H,9H2,(H,21,26). The molecule has 0 bridgehead atoms. The minimum atomic E-state index is -0.941. The van der Waals surface area contributed by atoms with Crippen molar-refractivity contribution in [3.05, 3.63) is 64.4 Å². The lowest BCUT2D eigenvalue weighted by Gasteiger charge is -2.27. The van der Waals surface area contributed by atoms with Crippen molar-refractivity contribution in [3.63, 3.8) is 0 Å². The van der Waals surface area contributed by atoms with Crippen LogP contribution in [0.15, 0.2) is 58.9 Å². The van der Waals surface area contributed by atoms with Crippen molar-refractivity contribution >= 4 is 47.0 Å². The monoisotopic (exact) mass is 391 g/mol. The molecule has 0 radical (unpaired) electrons. The highest BCUT2D eigenvalue weighted by Crippen LogP contribution is 2.29. The molecule has 0 saturated carbocycles. The zero-order valence-corrected chi connectivity index (χ0v) is 14.6. The Balaban J connectivity index is 1.89. The van der Waals surface area contributed by atoms with Gasteiger partial charge in [0.1, 0.15) is 10.1 Å². The van der Waals surface area contributed by atoms with E-state index in [1.54, 1.807) is 0 Å². The van der Waals surface area contributed by atoms with E-state index in [2.05, 4.69) is 15.3 Å². The van der Waals surface area contributed by atoms with E-state index in [0.29, 0.717) is 10.0 Å². The number of nitrogens with one attached hydrogen (secondary N) is 1. The van der Waals surface area contributed by atoms with E-state index in [9.17, 15) is 14.4 Å². The predicted molar refractivity (Wildman–Crippen MR) is 93.8 cm³/mol. The molecule has 10 heteroatoms. The lowest BCUT2D eigenvalue weighted by Crippen LogP contribution is -2.54. The summed E-state index contributed by atoms with van der Waals surface area (Å²) in [4.78, 5) is 45.1. The minimum absolute atomic E-state index is 0.161. The maximum Gasteiger partial charge on any atom is 0.344 e. The Hall–Kier alpha value is -2.97. The average molecular weight is 392 g/mol. The second kappa shape index (κ2) is 7.51. The second-order valence-electron chi connectivity index (χ2n) is 5.05. The smallest absolute Gasteiger partial charge is 0.332 e. The summed E-state index contributed by atoms with van der Waals surface area (Å²) in [7, 11) is 0. The number of nitrogens with zero attached hydrogens (tertiary/aromatic N) is 4. The number of carbonyl (C=O) groups is 3. The first-order chi connectivity index (χ1) is 12.5. The maximum absolute atomic E-state index is 12.7. The first kappa shape index (κ1) is 17.8. The average Bonchev–Trinajstić information content (AvgIpc) is 2.86. The van der Waals surface area contributed by atoms with E-state index in [1.807, 2.05) is 30.3 Å². The van der Waals surface area contributed by atoms with Crippen molar-refractivity contribution in [2.24, 2.45) is 0 Å². The van der Waals surface area contributed by atoms with Gasteiger partial charge in [-0.25, -0.2) is 14.8 Å². The third-order valence-corrected chi connectivity index (χ3v) is 4.17. The number of imide groups is 1. The second-order valence-corrected chi connectivity index (χ2v) is 5.81. The summed E-state index contributed by atoms with van der Waals surface area (Å²) in [5.74, 6) is -2.07. The summed E-state index contributed by atoms with van der Waals surface area (Å²) < 4.78 is 0. The largest absolute Gasteiger partial charge is 0.344 e. The van der Waals surface area contributed by atoms with E-state index in [-0.39, 0.29) is 12.5 Å². The van der Waals surface area contributed by atoms with Gasteiger partial charge >= 0.3 is 6.03 Å². The Bertz CT molecular complexity index is 865. The molecule has 4 amide bonds. The van der Waals surface area contributed by atoms with Crippen LogP contribution in [-0.4, -0.2) is 32.8 Å². The lowest BCUT2D eigenvalue weighted by molar-refractivity contribution is -0.137. The first-order valence-electron chi connectivity index (χ1n) is 7.33. The van der Waals surface area contributed by atoms with Crippen LogP contribution in [0.25, 0.3) is 0 Å². The Morgan fingerprint density at radius 3 is 2.15 bits per heavy atom. The normalized spacial score (nSPS) is 14.0. The Kier molecular flexibility index (Phi) is 5.15. The van der Waals surface area contributed by atoms with Crippen LogP contribution in [0.5, 0.6) is 0 Å². The van der Waals surface area contributed by atoms with Crippen molar-refractivity contribution < 1.29 is 14.4 Å². The molecule has 8 nitrogen and oxygen atoms in total. The molecule has 3 rings (SSSR count). The van der Waals surface area contributed by atoms with Crippen molar-refractivity contribution in [2.45, 2.75) is 6.54 Å². The van der Waals surface area contributed by atoms with E-state index in [1.165, 1.54) is 18.5 Å². The highest BCUT2D eigenvalue weighted by atomic mass is 35.5. The molecule has 0 fully saturated rings. The molecule has 26 heavy (non-hydrogen) atoms. The summed E-state index contributed by atoms with van der Waals surface area (Å²) in [6, 6.07) is 9.82. The molecule has 0 unspecified atom stereocenters. The topological polar surface area (TPSA) is 95.5 Å². The summed E-state index contributed by atoms with van der Waals surface area (Å²) in [5, 5.41) is 2.84. The third kappa shape index (κ3) is 3.37. The number of anilines is 1. The molecule has 1 aliphatic rings. The fourth-order valence-corrected chi connectivity index (χ4v) is 2.49. The number of urea groups is 1. The summed E-state index contributed by atoms with van der Waals surface area (Å²) in [6.07, 6.45) is 2.73. The summed E-state index contributed by atoms with van der Waals surface area (Å²) in [6.45, 7) is 0.161. The third-order valence-electron chi connectivity index (χ3n) is 3.37. The lowest BCUT2D eigenvalue weighted by atomic mass is 10.2. The Labute approximate surface area is 158 Å². The quantitative estimate of drug-likeness (QED) is 0.805. The van der Waals surface area contributed by atoms with Gasteiger partial charge < -0.3 is 5.32 Å². The van der Waals surface area contributed by atoms with E-state index in [0.717, 1.165) is 5.56 Å². The van der Waals surface area contributed by atoms with Gasteiger partial charge in [0.15, 0.2) is 0 Å². The Morgan fingerprint density at radius 1 is 1.00 bits per heavy atom.